The Labute approximate surface area is 200 Å². The van der Waals surface area contributed by atoms with E-state index in [4.69, 9.17) is 16.2 Å². The summed E-state index contributed by atoms with van der Waals surface area (Å²) in [7, 11) is 0. The molecule has 11 heteroatoms. The number of amides is 1. The lowest BCUT2D eigenvalue weighted by atomic mass is 9.88. The number of benzene rings is 1. The second kappa shape index (κ2) is 9.98. The fraction of sp³-hybridized carbons (Fsp3) is 0.333. The monoisotopic (exact) mass is 484 g/mol. The minimum atomic E-state index is -0.872. The van der Waals surface area contributed by atoms with Gasteiger partial charge < -0.3 is 26.6 Å². The van der Waals surface area contributed by atoms with E-state index in [2.05, 4.69) is 20.3 Å². The average molecular weight is 485 g/mol. The van der Waals surface area contributed by atoms with Crippen LogP contribution in [0.2, 0.25) is 0 Å². The van der Waals surface area contributed by atoms with Crippen LogP contribution in [0.25, 0.3) is 11.4 Å². The minimum absolute atomic E-state index is 0.0109. The summed E-state index contributed by atoms with van der Waals surface area (Å²) in [6.07, 6.45) is 2.61. The fourth-order valence-corrected chi connectivity index (χ4v) is 4.08. The van der Waals surface area contributed by atoms with Crippen LogP contribution in [0.1, 0.15) is 42.4 Å². The molecule has 1 aliphatic heterocycles. The van der Waals surface area contributed by atoms with Crippen LogP contribution in [0.4, 0.5) is 20.2 Å². The van der Waals surface area contributed by atoms with Crippen molar-refractivity contribution in [3.8, 4) is 11.4 Å². The summed E-state index contributed by atoms with van der Waals surface area (Å²) in [5.41, 5.74) is 12.2. The highest BCUT2D eigenvalue weighted by Crippen LogP contribution is 2.37. The first-order valence-electron chi connectivity index (χ1n) is 11.1. The minimum Gasteiger partial charge on any atom is -0.396 e. The van der Waals surface area contributed by atoms with Gasteiger partial charge in [0.05, 0.1) is 47.6 Å². The third-order valence-electron chi connectivity index (χ3n) is 5.91. The molecule has 0 spiro atoms. The van der Waals surface area contributed by atoms with E-state index in [1.165, 1.54) is 12.3 Å². The van der Waals surface area contributed by atoms with Crippen molar-refractivity contribution in [1.82, 2.24) is 15.0 Å². The smallest absolute Gasteiger partial charge is 0.276 e. The van der Waals surface area contributed by atoms with Gasteiger partial charge in [0.15, 0.2) is 11.5 Å². The van der Waals surface area contributed by atoms with Crippen LogP contribution >= 0.6 is 0 Å². The number of rotatable bonds is 5. The molecule has 1 aromatic carbocycles. The molecule has 0 radical (unpaired) electrons. The predicted octanol–water partition coefficient (Wildman–Crippen LogP) is 2.83. The van der Waals surface area contributed by atoms with Crippen molar-refractivity contribution < 1.29 is 23.4 Å². The number of aromatic nitrogens is 3. The van der Waals surface area contributed by atoms with E-state index in [1.54, 1.807) is 12.3 Å². The molecule has 0 saturated carbocycles. The Morgan fingerprint density at radius 2 is 1.94 bits per heavy atom. The summed E-state index contributed by atoms with van der Waals surface area (Å²) in [4.78, 5) is 25.1. The van der Waals surface area contributed by atoms with E-state index in [-0.39, 0.29) is 23.1 Å². The van der Waals surface area contributed by atoms with Gasteiger partial charge >= 0.3 is 0 Å². The van der Waals surface area contributed by atoms with E-state index in [0.717, 1.165) is 18.3 Å². The first-order valence-corrected chi connectivity index (χ1v) is 11.1. The van der Waals surface area contributed by atoms with Crippen molar-refractivity contribution in [3.05, 3.63) is 65.7 Å². The number of nitrogens with zero attached hydrogens (tertiary/aromatic N) is 3. The van der Waals surface area contributed by atoms with E-state index >= 15 is 0 Å². The molecule has 4 atom stereocenters. The molecular weight excluding hydrogens is 458 g/mol. The van der Waals surface area contributed by atoms with Crippen molar-refractivity contribution in [2.45, 2.75) is 44.6 Å². The standard InChI is InChI=1S/C24H26F2N6O3/c1-11(2)22-21(33)15(27)8-18(35-22)12-6-7-29-10-17(12)31-24(34)20-16(28)9-30-23(32-20)19-13(25)4-3-5-14(19)26/h3-7,9-11,15,18,21-22,33H,8,27-28H2,1-2H3,(H,31,34)/t15-,18-,21+,22+/m0/s1. The second-order valence-corrected chi connectivity index (χ2v) is 8.73. The highest BCUT2D eigenvalue weighted by molar-refractivity contribution is 6.06. The van der Waals surface area contributed by atoms with Crippen molar-refractivity contribution in [2.75, 3.05) is 11.1 Å². The predicted molar refractivity (Wildman–Crippen MR) is 125 cm³/mol. The molecule has 0 aliphatic carbocycles. The number of anilines is 2. The van der Waals surface area contributed by atoms with Crippen molar-refractivity contribution in [3.63, 3.8) is 0 Å². The van der Waals surface area contributed by atoms with Gasteiger partial charge in [0.2, 0.25) is 0 Å². The highest BCUT2D eigenvalue weighted by Gasteiger charge is 2.38. The largest absolute Gasteiger partial charge is 0.396 e. The number of pyridine rings is 1. The van der Waals surface area contributed by atoms with Crippen molar-refractivity contribution in [2.24, 2.45) is 11.7 Å². The van der Waals surface area contributed by atoms with E-state index in [0.29, 0.717) is 17.7 Å². The Hall–Kier alpha value is -3.54. The maximum Gasteiger partial charge on any atom is 0.276 e. The molecule has 1 saturated heterocycles. The summed E-state index contributed by atoms with van der Waals surface area (Å²) < 4.78 is 34.6. The Balaban J connectivity index is 1.64. The maximum absolute atomic E-state index is 14.2. The van der Waals surface area contributed by atoms with Crippen LogP contribution in [0.3, 0.4) is 0 Å². The van der Waals surface area contributed by atoms with Crippen LogP contribution in [-0.2, 0) is 4.74 Å². The SMILES string of the molecule is CC(C)[C@H]1O[C@H](c2ccncc2NC(=O)c2nc(-c3c(F)cccc3F)ncc2N)C[C@H](N)[C@H]1O. The summed E-state index contributed by atoms with van der Waals surface area (Å²) in [6, 6.07) is 4.51. The number of aliphatic hydroxyl groups is 1. The van der Waals surface area contributed by atoms with E-state index < -0.39 is 47.5 Å². The molecule has 1 amide bonds. The number of carbonyl (C=O) groups is 1. The number of halogens is 2. The maximum atomic E-state index is 14.2. The van der Waals surface area contributed by atoms with Gasteiger partial charge in [-0.1, -0.05) is 19.9 Å². The molecule has 1 fully saturated rings. The molecule has 0 bridgehead atoms. The normalized spacial score (nSPS) is 22.3. The molecule has 0 unspecified atom stereocenters. The van der Waals surface area contributed by atoms with Gasteiger partial charge in [0, 0.05) is 17.8 Å². The lowest BCUT2D eigenvalue weighted by Crippen LogP contribution is -2.51. The second-order valence-electron chi connectivity index (χ2n) is 8.73. The Bertz CT molecular complexity index is 1220. The summed E-state index contributed by atoms with van der Waals surface area (Å²) in [6.45, 7) is 3.85. The van der Waals surface area contributed by atoms with Gasteiger partial charge in [0.25, 0.3) is 5.91 Å². The number of carbonyl (C=O) groups excluding carboxylic acids is 1. The van der Waals surface area contributed by atoms with Gasteiger partial charge in [-0.3, -0.25) is 9.78 Å². The zero-order valence-electron chi connectivity index (χ0n) is 19.2. The molecule has 9 nitrogen and oxygen atoms in total. The molecule has 35 heavy (non-hydrogen) atoms. The molecule has 3 heterocycles. The summed E-state index contributed by atoms with van der Waals surface area (Å²) >= 11 is 0. The van der Waals surface area contributed by atoms with Crippen LogP contribution < -0.4 is 16.8 Å². The zero-order chi connectivity index (χ0) is 25.3. The number of nitrogen functional groups attached to an aromatic ring is 1. The number of ether oxygens (including phenoxy) is 1. The Morgan fingerprint density at radius 3 is 2.63 bits per heavy atom. The van der Waals surface area contributed by atoms with Gasteiger partial charge in [0.1, 0.15) is 11.6 Å². The van der Waals surface area contributed by atoms with Crippen LogP contribution in [0.5, 0.6) is 0 Å². The molecule has 2 aromatic heterocycles. The molecular formula is C24H26F2N6O3. The highest BCUT2D eigenvalue weighted by atomic mass is 19.1. The summed E-state index contributed by atoms with van der Waals surface area (Å²) in [5, 5.41) is 13.1. The van der Waals surface area contributed by atoms with Crippen LogP contribution in [0, 0.1) is 17.6 Å². The van der Waals surface area contributed by atoms with E-state index in [1.807, 2.05) is 13.8 Å². The Kier molecular flexibility index (Phi) is 7.01. The van der Waals surface area contributed by atoms with Crippen molar-refractivity contribution in [1.29, 1.82) is 0 Å². The topological polar surface area (TPSA) is 149 Å². The molecule has 6 N–H and O–H groups in total. The summed E-state index contributed by atoms with van der Waals surface area (Å²) in [5.74, 6) is -2.78. The first kappa shape index (κ1) is 24.6. The first-order chi connectivity index (χ1) is 16.7. The van der Waals surface area contributed by atoms with Gasteiger partial charge in [-0.15, -0.1) is 0 Å². The number of hydrogen-bond donors (Lipinski definition) is 4. The molecule has 4 rings (SSSR count). The van der Waals surface area contributed by atoms with Gasteiger partial charge in [-0.05, 0) is 30.5 Å². The zero-order valence-corrected chi connectivity index (χ0v) is 19.2. The van der Waals surface area contributed by atoms with Crippen LogP contribution in [-0.4, -0.2) is 44.2 Å². The van der Waals surface area contributed by atoms with Crippen LogP contribution in [0.15, 0.2) is 42.9 Å². The molecule has 1 aliphatic rings. The number of hydrogen-bond acceptors (Lipinski definition) is 8. The van der Waals surface area contributed by atoms with Gasteiger partial charge in [-0.25, -0.2) is 18.7 Å². The fourth-order valence-electron chi connectivity index (χ4n) is 4.08. The average Bonchev–Trinajstić information content (AvgIpc) is 2.81. The number of nitrogens with one attached hydrogen (secondary N) is 1. The third kappa shape index (κ3) is 4.97. The lowest BCUT2D eigenvalue weighted by molar-refractivity contribution is -0.145. The van der Waals surface area contributed by atoms with E-state index in [9.17, 15) is 18.7 Å². The molecule has 3 aromatic rings. The Morgan fingerprint density at radius 1 is 1.23 bits per heavy atom. The van der Waals surface area contributed by atoms with Crippen molar-refractivity contribution >= 4 is 17.3 Å². The quantitative estimate of drug-likeness (QED) is 0.432. The number of aliphatic hydroxyl groups excluding tert-OH is 1. The van der Waals surface area contributed by atoms with Gasteiger partial charge in [-0.2, -0.15) is 0 Å². The third-order valence-corrected chi connectivity index (χ3v) is 5.91. The lowest BCUT2D eigenvalue weighted by Gasteiger charge is -2.40. The molecule has 184 valence electrons. The number of nitrogens with two attached hydrogens (primary N) is 2.